The molecule has 7 nitrogen and oxygen atoms in total. The lowest BCUT2D eigenvalue weighted by Crippen LogP contribution is -2.29. The van der Waals surface area contributed by atoms with Crippen LogP contribution in [0.3, 0.4) is 0 Å². The SMILES string of the molecule is Cc1cc(S(=O)(=O)N(C)Cc2ncnn2CC(F)F)c2ncccc2c1. The summed E-state index contributed by atoms with van der Waals surface area (Å²) in [5.74, 6) is 0.140. The summed E-state index contributed by atoms with van der Waals surface area (Å²) in [4.78, 5) is 8.15. The van der Waals surface area contributed by atoms with Gasteiger partial charge in [-0.15, -0.1) is 0 Å². The van der Waals surface area contributed by atoms with Gasteiger partial charge in [0.15, 0.2) is 0 Å². The molecule has 2 heterocycles. The molecule has 138 valence electrons. The van der Waals surface area contributed by atoms with Gasteiger partial charge in [-0.05, 0) is 30.7 Å². The van der Waals surface area contributed by atoms with E-state index in [1.807, 2.05) is 6.07 Å². The van der Waals surface area contributed by atoms with E-state index in [9.17, 15) is 17.2 Å². The van der Waals surface area contributed by atoms with Crippen molar-refractivity contribution in [3.8, 4) is 0 Å². The number of aromatic nitrogens is 4. The van der Waals surface area contributed by atoms with E-state index in [0.717, 1.165) is 20.9 Å². The smallest absolute Gasteiger partial charge is 0.255 e. The Morgan fingerprint density at radius 1 is 1.27 bits per heavy atom. The number of aryl methyl sites for hydroxylation is 1. The van der Waals surface area contributed by atoms with Crippen LogP contribution in [-0.2, 0) is 23.1 Å². The largest absolute Gasteiger partial charge is 0.257 e. The second kappa shape index (κ2) is 7.04. The van der Waals surface area contributed by atoms with Gasteiger partial charge in [0.2, 0.25) is 10.0 Å². The zero-order chi connectivity index (χ0) is 18.9. The molecule has 3 rings (SSSR count). The summed E-state index contributed by atoms with van der Waals surface area (Å²) in [6.07, 6.45) is 0.0415. The number of fused-ring (bicyclic) bond motifs is 1. The Balaban J connectivity index is 1.97. The quantitative estimate of drug-likeness (QED) is 0.654. The highest BCUT2D eigenvalue weighted by Gasteiger charge is 2.26. The summed E-state index contributed by atoms with van der Waals surface area (Å²) >= 11 is 0. The van der Waals surface area contributed by atoms with Gasteiger partial charge in [0.05, 0.1) is 12.1 Å². The Morgan fingerprint density at radius 2 is 2.04 bits per heavy atom. The Hall–Kier alpha value is -2.46. The molecule has 1 aromatic carbocycles. The lowest BCUT2D eigenvalue weighted by molar-refractivity contribution is 0.119. The molecular weight excluding hydrogens is 364 g/mol. The first-order valence-corrected chi connectivity index (χ1v) is 9.19. The van der Waals surface area contributed by atoms with Crippen LogP contribution in [-0.4, -0.2) is 45.9 Å². The number of benzene rings is 1. The third kappa shape index (κ3) is 3.56. The van der Waals surface area contributed by atoms with E-state index in [0.29, 0.717) is 10.9 Å². The van der Waals surface area contributed by atoms with Gasteiger partial charge in [-0.1, -0.05) is 6.07 Å². The normalized spacial score (nSPS) is 12.4. The fourth-order valence-electron chi connectivity index (χ4n) is 2.64. The summed E-state index contributed by atoms with van der Waals surface area (Å²) in [6.45, 7) is 0.972. The molecule has 0 saturated heterocycles. The maximum Gasteiger partial charge on any atom is 0.257 e. The number of hydrogen-bond donors (Lipinski definition) is 0. The van der Waals surface area contributed by atoms with Crippen molar-refractivity contribution in [2.24, 2.45) is 0 Å². The monoisotopic (exact) mass is 381 g/mol. The second-order valence-corrected chi connectivity index (χ2v) is 7.86. The molecule has 3 aromatic rings. The van der Waals surface area contributed by atoms with Crippen LogP contribution in [0.2, 0.25) is 0 Å². The summed E-state index contributed by atoms with van der Waals surface area (Å²) in [6, 6.07) is 6.91. The molecule has 26 heavy (non-hydrogen) atoms. The number of rotatable bonds is 6. The molecule has 10 heteroatoms. The number of alkyl halides is 2. The van der Waals surface area contributed by atoms with E-state index in [-0.39, 0.29) is 17.3 Å². The standard InChI is InChI=1S/C16H17F2N5O2S/c1-11-6-12-4-3-5-19-16(12)13(7-11)26(24,25)22(2)9-15-20-10-21-23(15)8-14(17)18/h3-7,10,14H,8-9H2,1-2H3. The second-order valence-electron chi connectivity index (χ2n) is 5.85. The molecule has 0 aliphatic carbocycles. The minimum atomic E-state index is -3.91. The molecule has 0 radical (unpaired) electrons. The molecule has 0 amide bonds. The minimum absolute atomic E-state index is 0.0653. The van der Waals surface area contributed by atoms with E-state index < -0.39 is 23.0 Å². The lowest BCUT2D eigenvalue weighted by Gasteiger charge is -2.18. The highest BCUT2D eigenvalue weighted by molar-refractivity contribution is 7.89. The van der Waals surface area contributed by atoms with Gasteiger partial charge >= 0.3 is 0 Å². The van der Waals surface area contributed by atoms with E-state index in [4.69, 9.17) is 0 Å². The lowest BCUT2D eigenvalue weighted by atomic mass is 10.1. The van der Waals surface area contributed by atoms with Crippen LogP contribution in [0.5, 0.6) is 0 Å². The van der Waals surface area contributed by atoms with Crippen LogP contribution in [0.4, 0.5) is 8.78 Å². The highest BCUT2D eigenvalue weighted by atomic mass is 32.2. The first kappa shape index (κ1) is 18.3. The molecule has 0 aliphatic rings. The van der Waals surface area contributed by atoms with Crippen molar-refractivity contribution in [3.63, 3.8) is 0 Å². The molecule has 0 unspecified atom stereocenters. The fraction of sp³-hybridized carbons (Fsp3) is 0.312. The van der Waals surface area contributed by atoms with E-state index >= 15 is 0 Å². The molecule has 0 spiro atoms. The van der Waals surface area contributed by atoms with Crippen LogP contribution >= 0.6 is 0 Å². The Kier molecular flexibility index (Phi) is 4.97. The minimum Gasteiger partial charge on any atom is -0.255 e. The third-order valence-electron chi connectivity index (χ3n) is 3.87. The fourth-order valence-corrected chi connectivity index (χ4v) is 4.02. The molecular formula is C16H17F2N5O2S. The number of nitrogens with zero attached hydrogens (tertiary/aromatic N) is 5. The molecule has 0 N–H and O–H groups in total. The van der Waals surface area contributed by atoms with E-state index in [2.05, 4.69) is 15.1 Å². The number of sulfonamides is 1. The van der Waals surface area contributed by atoms with Gasteiger partial charge in [-0.3, -0.25) is 4.98 Å². The average Bonchev–Trinajstić information content (AvgIpc) is 3.00. The maximum absolute atomic E-state index is 13.0. The van der Waals surface area contributed by atoms with Gasteiger partial charge in [0, 0.05) is 18.6 Å². The molecule has 0 aliphatic heterocycles. The Labute approximate surface area is 149 Å². The number of halogens is 2. The molecule has 2 aromatic heterocycles. The summed E-state index contributed by atoms with van der Waals surface area (Å²) < 4.78 is 53.3. The van der Waals surface area contributed by atoms with Crippen molar-refractivity contribution < 1.29 is 17.2 Å². The predicted octanol–water partition coefficient (Wildman–Crippen LogP) is 2.22. The van der Waals surface area contributed by atoms with Crippen molar-refractivity contribution in [1.29, 1.82) is 0 Å². The summed E-state index contributed by atoms with van der Waals surface area (Å²) in [5, 5.41) is 4.43. The molecule has 0 bridgehead atoms. The number of hydrogen-bond acceptors (Lipinski definition) is 5. The first-order valence-electron chi connectivity index (χ1n) is 7.75. The topological polar surface area (TPSA) is 81.0 Å². The first-order chi connectivity index (χ1) is 12.3. The van der Waals surface area contributed by atoms with Gasteiger partial charge < -0.3 is 0 Å². The van der Waals surface area contributed by atoms with Crippen LogP contribution in [0.15, 0.2) is 41.7 Å². The maximum atomic E-state index is 13.0. The molecule has 0 fully saturated rings. The third-order valence-corrected chi connectivity index (χ3v) is 5.69. The zero-order valence-corrected chi connectivity index (χ0v) is 15.0. The number of pyridine rings is 1. The van der Waals surface area contributed by atoms with Gasteiger partial charge in [0.25, 0.3) is 6.43 Å². The van der Waals surface area contributed by atoms with Crippen LogP contribution in [0, 0.1) is 6.92 Å². The predicted molar refractivity (Wildman–Crippen MR) is 91.2 cm³/mol. The van der Waals surface area contributed by atoms with Gasteiger partial charge in [-0.25, -0.2) is 26.9 Å². The van der Waals surface area contributed by atoms with Gasteiger partial charge in [-0.2, -0.15) is 9.40 Å². The van der Waals surface area contributed by atoms with Crippen LogP contribution in [0.25, 0.3) is 10.9 Å². The average molecular weight is 381 g/mol. The molecule has 0 saturated carbocycles. The summed E-state index contributed by atoms with van der Waals surface area (Å²) in [5.41, 5.74) is 1.14. The van der Waals surface area contributed by atoms with Crippen molar-refractivity contribution >= 4 is 20.9 Å². The van der Waals surface area contributed by atoms with Crippen molar-refractivity contribution in [1.82, 2.24) is 24.1 Å². The van der Waals surface area contributed by atoms with Crippen molar-refractivity contribution in [2.75, 3.05) is 7.05 Å². The van der Waals surface area contributed by atoms with Crippen LogP contribution in [0.1, 0.15) is 11.4 Å². The van der Waals surface area contributed by atoms with E-state index in [1.54, 1.807) is 25.1 Å². The zero-order valence-electron chi connectivity index (χ0n) is 14.2. The van der Waals surface area contributed by atoms with E-state index in [1.165, 1.54) is 13.2 Å². The van der Waals surface area contributed by atoms with Gasteiger partial charge in [0.1, 0.15) is 23.6 Å². The molecule has 0 atom stereocenters. The van der Waals surface area contributed by atoms with Crippen molar-refractivity contribution in [3.05, 3.63) is 48.2 Å². The summed E-state index contributed by atoms with van der Waals surface area (Å²) in [7, 11) is -2.54. The van der Waals surface area contributed by atoms with Crippen LogP contribution < -0.4 is 0 Å². The highest BCUT2D eigenvalue weighted by Crippen LogP contribution is 2.26. The Morgan fingerprint density at radius 3 is 2.77 bits per heavy atom. The van der Waals surface area contributed by atoms with Crippen molar-refractivity contribution in [2.45, 2.75) is 31.3 Å². The Bertz CT molecular complexity index is 1040.